The highest BCUT2D eigenvalue weighted by atomic mass is 32.1. The van der Waals surface area contributed by atoms with Crippen molar-refractivity contribution in [2.24, 2.45) is 0 Å². The molecule has 0 bridgehead atoms. The van der Waals surface area contributed by atoms with Crippen LogP contribution in [-0.4, -0.2) is 34.6 Å². The van der Waals surface area contributed by atoms with Gasteiger partial charge in [-0.2, -0.15) is 0 Å². The third-order valence-electron chi connectivity index (χ3n) is 3.45. The van der Waals surface area contributed by atoms with Crippen LogP contribution >= 0.6 is 11.3 Å². The molecule has 24 heavy (non-hydrogen) atoms. The first-order valence-electron chi connectivity index (χ1n) is 7.78. The number of benzene rings is 1. The summed E-state index contributed by atoms with van der Waals surface area (Å²) < 4.78 is 0. The van der Waals surface area contributed by atoms with Crippen molar-refractivity contribution in [1.82, 2.24) is 10.3 Å². The van der Waals surface area contributed by atoms with Crippen molar-refractivity contribution in [3.8, 4) is 11.3 Å². The molecule has 3 N–H and O–H groups in total. The smallest absolute Gasteiger partial charge is 0.320 e. The fraction of sp³-hybridized carbons (Fsp3) is 0.353. The zero-order valence-electron chi connectivity index (χ0n) is 13.7. The highest BCUT2D eigenvalue weighted by Gasteiger charge is 2.16. The van der Waals surface area contributed by atoms with Crippen molar-refractivity contribution < 1.29 is 14.7 Å². The van der Waals surface area contributed by atoms with Gasteiger partial charge in [-0.15, -0.1) is 11.3 Å². The molecule has 1 unspecified atom stereocenters. The summed E-state index contributed by atoms with van der Waals surface area (Å²) >= 11 is 1.57. The van der Waals surface area contributed by atoms with E-state index in [1.54, 1.807) is 17.4 Å². The minimum Gasteiger partial charge on any atom is -0.480 e. The van der Waals surface area contributed by atoms with E-state index >= 15 is 0 Å². The molecule has 1 aromatic heterocycles. The van der Waals surface area contributed by atoms with Gasteiger partial charge in [-0.25, -0.2) is 4.98 Å². The fourth-order valence-electron chi connectivity index (χ4n) is 2.27. The summed E-state index contributed by atoms with van der Waals surface area (Å²) in [4.78, 5) is 27.5. The number of carboxylic acids is 1. The first-order valence-corrected chi connectivity index (χ1v) is 8.66. The molecule has 0 aliphatic carbocycles. The molecule has 0 fully saturated rings. The lowest BCUT2D eigenvalue weighted by atomic mass is 10.1. The zero-order valence-corrected chi connectivity index (χ0v) is 14.5. The van der Waals surface area contributed by atoms with Gasteiger partial charge in [0.15, 0.2) is 0 Å². The van der Waals surface area contributed by atoms with Crippen LogP contribution in [0.15, 0.2) is 29.6 Å². The first-order chi connectivity index (χ1) is 11.5. The van der Waals surface area contributed by atoms with Crippen LogP contribution in [0.1, 0.15) is 24.8 Å². The van der Waals surface area contributed by atoms with Crippen LogP contribution in [0.3, 0.4) is 0 Å². The predicted octanol–water partition coefficient (Wildman–Crippen LogP) is 2.90. The van der Waals surface area contributed by atoms with Crippen molar-refractivity contribution in [2.75, 3.05) is 11.9 Å². The van der Waals surface area contributed by atoms with Crippen LogP contribution in [0, 0.1) is 6.92 Å². The van der Waals surface area contributed by atoms with Gasteiger partial charge in [0.1, 0.15) is 6.04 Å². The number of nitrogens with one attached hydrogen (secondary N) is 2. The highest BCUT2D eigenvalue weighted by Crippen LogP contribution is 2.24. The number of hydrogen-bond acceptors (Lipinski definition) is 5. The molecular weight excluding hydrogens is 326 g/mol. The van der Waals surface area contributed by atoms with E-state index in [1.807, 2.05) is 37.4 Å². The number of rotatable bonds is 8. The number of aryl methyl sites for hydroxylation is 1. The van der Waals surface area contributed by atoms with Gasteiger partial charge in [0.25, 0.3) is 0 Å². The lowest BCUT2D eigenvalue weighted by Crippen LogP contribution is -2.41. The summed E-state index contributed by atoms with van der Waals surface area (Å²) in [5, 5.41) is 17.6. The van der Waals surface area contributed by atoms with E-state index in [0.29, 0.717) is 12.1 Å². The number of hydrogen-bond donors (Lipinski definition) is 3. The van der Waals surface area contributed by atoms with Crippen LogP contribution in [0.25, 0.3) is 11.3 Å². The Bertz CT molecular complexity index is 715. The first kappa shape index (κ1) is 18.1. The van der Waals surface area contributed by atoms with Crippen molar-refractivity contribution in [3.63, 3.8) is 0 Å². The molecular formula is C17H21N3O3S. The molecule has 1 atom stereocenters. The third-order valence-corrected chi connectivity index (χ3v) is 4.22. The van der Waals surface area contributed by atoms with Gasteiger partial charge in [0.05, 0.1) is 17.2 Å². The molecule has 0 aliphatic heterocycles. The molecule has 0 saturated carbocycles. The summed E-state index contributed by atoms with van der Waals surface area (Å²) in [5.74, 6) is -1.21. The van der Waals surface area contributed by atoms with Crippen molar-refractivity contribution in [3.05, 3.63) is 34.7 Å². The maximum atomic E-state index is 12.0. The Kier molecular flexibility index (Phi) is 6.45. The van der Waals surface area contributed by atoms with Gasteiger partial charge in [0.2, 0.25) is 5.91 Å². The number of nitrogens with zero attached hydrogens (tertiary/aromatic N) is 1. The molecule has 128 valence electrons. The average molecular weight is 347 g/mol. The molecule has 2 rings (SSSR count). The number of thiazole rings is 1. The van der Waals surface area contributed by atoms with E-state index in [1.165, 1.54) is 0 Å². The summed E-state index contributed by atoms with van der Waals surface area (Å²) in [6.45, 7) is 3.81. The second kappa shape index (κ2) is 8.56. The van der Waals surface area contributed by atoms with Gasteiger partial charge >= 0.3 is 5.97 Å². The Morgan fingerprint density at radius 1 is 1.38 bits per heavy atom. The standard InChI is InChI=1S/C17H21N3O3S/c1-3-5-14(17(22)23)18-9-16(21)20-13-7-4-6-12(8-13)15-10-24-11(2)19-15/h4,6-8,10,14,18H,3,5,9H2,1-2H3,(H,20,21)(H,22,23). The number of aromatic nitrogens is 1. The molecule has 1 amide bonds. The Morgan fingerprint density at radius 2 is 2.17 bits per heavy atom. The van der Waals surface area contributed by atoms with Gasteiger partial charge < -0.3 is 10.4 Å². The van der Waals surface area contributed by atoms with E-state index in [4.69, 9.17) is 5.11 Å². The maximum absolute atomic E-state index is 12.0. The van der Waals surface area contributed by atoms with Gasteiger partial charge in [-0.05, 0) is 25.5 Å². The van der Waals surface area contributed by atoms with Crippen molar-refractivity contribution in [1.29, 1.82) is 0 Å². The Balaban J connectivity index is 1.95. The third kappa shape index (κ3) is 5.14. The van der Waals surface area contributed by atoms with Gasteiger partial charge in [0, 0.05) is 16.6 Å². The molecule has 0 spiro atoms. The second-order valence-corrected chi connectivity index (χ2v) is 6.50. The molecule has 1 aromatic carbocycles. The average Bonchev–Trinajstić information content (AvgIpc) is 2.98. The summed E-state index contributed by atoms with van der Waals surface area (Å²) in [6, 6.07) is 6.73. The van der Waals surface area contributed by atoms with Gasteiger partial charge in [-0.1, -0.05) is 25.5 Å². The van der Waals surface area contributed by atoms with Gasteiger partial charge in [-0.3, -0.25) is 14.9 Å². The summed E-state index contributed by atoms with van der Waals surface area (Å²) in [7, 11) is 0. The lowest BCUT2D eigenvalue weighted by Gasteiger charge is -2.13. The van der Waals surface area contributed by atoms with Crippen molar-refractivity contribution in [2.45, 2.75) is 32.7 Å². The summed E-state index contributed by atoms with van der Waals surface area (Å²) in [6.07, 6.45) is 1.22. The Morgan fingerprint density at radius 3 is 2.79 bits per heavy atom. The Labute approximate surface area is 144 Å². The van der Waals surface area contributed by atoms with Crippen LogP contribution in [0.4, 0.5) is 5.69 Å². The Hall–Kier alpha value is -2.25. The van der Waals surface area contributed by atoms with E-state index < -0.39 is 12.0 Å². The topological polar surface area (TPSA) is 91.3 Å². The predicted molar refractivity (Wildman–Crippen MR) is 95.3 cm³/mol. The molecule has 6 nitrogen and oxygen atoms in total. The second-order valence-electron chi connectivity index (χ2n) is 5.44. The normalized spacial score (nSPS) is 11.9. The monoisotopic (exact) mass is 347 g/mol. The van der Waals surface area contributed by atoms with Crippen LogP contribution in [0.2, 0.25) is 0 Å². The quantitative estimate of drug-likeness (QED) is 0.683. The fourth-order valence-corrected chi connectivity index (χ4v) is 2.90. The molecule has 0 saturated heterocycles. The largest absolute Gasteiger partial charge is 0.480 e. The minimum absolute atomic E-state index is 0.0446. The molecule has 1 heterocycles. The molecule has 0 aliphatic rings. The number of carbonyl (C=O) groups excluding carboxylic acids is 1. The van der Waals surface area contributed by atoms with E-state index in [-0.39, 0.29) is 12.5 Å². The highest BCUT2D eigenvalue weighted by molar-refractivity contribution is 7.09. The van der Waals surface area contributed by atoms with E-state index in [0.717, 1.165) is 22.7 Å². The van der Waals surface area contributed by atoms with E-state index in [2.05, 4.69) is 15.6 Å². The number of anilines is 1. The molecule has 0 radical (unpaired) electrons. The SMILES string of the molecule is CCCC(NCC(=O)Nc1cccc(-c2csc(C)n2)c1)C(=O)O. The maximum Gasteiger partial charge on any atom is 0.320 e. The van der Waals surface area contributed by atoms with Crippen LogP contribution < -0.4 is 10.6 Å². The number of aliphatic carboxylic acids is 1. The van der Waals surface area contributed by atoms with E-state index in [9.17, 15) is 9.59 Å². The van der Waals surface area contributed by atoms with Crippen molar-refractivity contribution >= 4 is 28.9 Å². The molecule has 7 heteroatoms. The number of carboxylic acid groups (broad SMARTS) is 1. The number of amides is 1. The molecule has 2 aromatic rings. The zero-order chi connectivity index (χ0) is 17.5. The summed E-state index contributed by atoms with van der Waals surface area (Å²) in [5.41, 5.74) is 2.47. The van der Waals surface area contributed by atoms with Crippen LogP contribution in [-0.2, 0) is 9.59 Å². The lowest BCUT2D eigenvalue weighted by molar-refractivity contribution is -0.139. The van der Waals surface area contributed by atoms with Crippen LogP contribution in [0.5, 0.6) is 0 Å². The number of carbonyl (C=O) groups is 2. The minimum atomic E-state index is -0.939.